The summed E-state index contributed by atoms with van der Waals surface area (Å²) in [5.74, 6) is 0.197. The number of hydrogen-bond donors (Lipinski definition) is 2. The van der Waals surface area contributed by atoms with E-state index < -0.39 is 25.1 Å². The molecule has 2 aliphatic carbocycles. The van der Waals surface area contributed by atoms with E-state index in [1.54, 1.807) is 23.6 Å². The molecule has 4 atom stereocenters. The number of halogens is 4. The highest BCUT2D eigenvalue weighted by molar-refractivity contribution is 7.93. The van der Waals surface area contributed by atoms with Crippen LogP contribution in [0.4, 0.5) is 15.2 Å². The summed E-state index contributed by atoms with van der Waals surface area (Å²) in [4.78, 5) is 3.58. The van der Waals surface area contributed by atoms with Crippen LogP contribution in [0.1, 0.15) is 18.4 Å². The number of thiazole rings is 1. The van der Waals surface area contributed by atoms with Crippen LogP contribution in [0.5, 0.6) is 11.5 Å². The number of nitrogens with zero attached hydrogens (tertiary/aromatic N) is 2. The molecule has 39 heavy (non-hydrogen) atoms. The van der Waals surface area contributed by atoms with Gasteiger partial charge in [0.05, 0.1) is 31.5 Å². The molecule has 8 nitrogen and oxygen atoms in total. The van der Waals surface area contributed by atoms with Gasteiger partial charge in [0.1, 0.15) is 26.5 Å². The lowest BCUT2D eigenvalue weighted by atomic mass is 9.91. The van der Waals surface area contributed by atoms with E-state index >= 15 is 4.39 Å². The first-order valence-corrected chi connectivity index (χ1v) is 15.4. The first kappa shape index (κ1) is 28.5. The Bertz CT molecular complexity index is 1480. The molecule has 0 bridgehead atoms. The standard InChI is InChI=1S/C25H26Cl3FN4O4S2/c1-36-14-4-3-13(22(7-14)37-2)12-33(24-31-5-6-38-24)39(34,35)23-10-17(26)20(11-18(23)29)32-21-9-16-15(8-19(21)30)25(16,27)28/h3-7,10-11,15-16,19,21,32H,8-9,12,30H2,1-2H3/t15-,16?,19+,21?/m1/s1. The lowest BCUT2D eigenvalue weighted by Crippen LogP contribution is -2.43. The summed E-state index contributed by atoms with van der Waals surface area (Å²) in [6.45, 7) is -0.168. The maximum Gasteiger partial charge on any atom is 0.269 e. The van der Waals surface area contributed by atoms with Crippen molar-refractivity contribution in [2.75, 3.05) is 23.8 Å². The summed E-state index contributed by atoms with van der Waals surface area (Å²) in [6, 6.07) is 6.65. The molecule has 0 saturated heterocycles. The first-order valence-electron chi connectivity index (χ1n) is 12.0. The van der Waals surface area contributed by atoms with E-state index in [0.717, 1.165) is 27.8 Å². The smallest absolute Gasteiger partial charge is 0.269 e. The summed E-state index contributed by atoms with van der Waals surface area (Å²) in [7, 11) is -1.47. The van der Waals surface area contributed by atoms with Crippen molar-refractivity contribution in [2.24, 2.45) is 17.6 Å². The third kappa shape index (κ3) is 5.37. The number of nitrogens with two attached hydrogens (primary N) is 1. The topological polar surface area (TPSA) is 107 Å². The Morgan fingerprint density at radius 2 is 1.95 bits per heavy atom. The van der Waals surface area contributed by atoms with Crippen LogP contribution in [-0.2, 0) is 16.6 Å². The number of ether oxygens (including phenoxy) is 2. The predicted molar refractivity (Wildman–Crippen MR) is 152 cm³/mol. The Balaban J connectivity index is 1.45. The third-order valence-corrected chi connectivity index (χ3v) is 11.4. The molecular formula is C25H26Cl3FN4O4S2. The number of aromatic nitrogens is 1. The lowest BCUT2D eigenvalue weighted by Gasteiger charge is -2.30. The zero-order valence-electron chi connectivity index (χ0n) is 20.9. The molecule has 1 heterocycles. The largest absolute Gasteiger partial charge is 0.497 e. The molecule has 2 aromatic carbocycles. The predicted octanol–water partition coefficient (Wildman–Crippen LogP) is 5.67. The summed E-state index contributed by atoms with van der Waals surface area (Å²) < 4.78 is 54.2. The van der Waals surface area contributed by atoms with Crippen molar-refractivity contribution in [2.45, 2.75) is 40.7 Å². The van der Waals surface area contributed by atoms with E-state index in [0.29, 0.717) is 29.9 Å². The molecule has 0 aliphatic heterocycles. The number of nitrogens with one attached hydrogen (secondary N) is 1. The molecule has 2 unspecified atom stereocenters. The van der Waals surface area contributed by atoms with Crippen molar-refractivity contribution in [1.82, 2.24) is 4.98 Å². The van der Waals surface area contributed by atoms with Gasteiger partial charge < -0.3 is 20.5 Å². The second-order valence-corrected chi connectivity index (χ2v) is 14.1. The van der Waals surface area contributed by atoms with E-state index in [9.17, 15) is 8.42 Å². The number of fused-ring (bicyclic) bond motifs is 1. The van der Waals surface area contributed by atoms with Gasteiger partial charge in [0, 0.05) is 35.3 Å². The highest BCUT2D eigenvalue weighted by Gasteiger charge is 2.65. The van der Waals surface area contributed by atoms with Crippen molar-refractivity contribution in [3.05, 3.63) is 58.3 Å². The highest BCUT2D eigenvalue weighted by atomic mass is 35.5. The average molecular weight is 636 g/mol. The zero-order chi connectivity index (χ0) is 28.1. The Labute approximate surface area is 245 Å². The van der Waals surface area contributed by atoms with Crippen molar-refractivity contribution in [3.8, 4) is 11.5 Å². The number of methoxy groups -OCH3 is 2. The van der Waals surface area contributed by atoms with Gasteiger partial charge in [-0.15, -0.1) is 34.5 Å². The van der Waals surface area contributed by atoms with E-state index in [1.807, 2.05) is 0 Å². The molecule has 3 N–H and O–H groups in total. The molecule has 1 aromatic heterocycles. The van der Waals surface area contributed by atoms with Crippen molar-refractivity contribution >= 4 is 67.0 Å². The molecular weight excluding hydrogens is 610 g/mol. The van der Waals surface area contributed by atoms with Gasteiger partial charge in [0.2, 0.25) is 0 Å². The van der Waals surface area contributed by atoms with Gasteiger partial charge in [0.25, 0.3) is 10.0 Å². The number of anilines is 2. The fourth-order valence-corrected chi connectivity index (χ4v) is 8.53. The molecule has 2 aliphatic rings. The molecule has 210 valence electrons. The minimum atomic E-state index is -4.45. The van der Waals surface area contributed by atoms with Crippen LogP contribution in [-0.4, -0.2) is 44.0 Å². The molecule has 2 fully saturated rings. The second-order valence-electron chi connectivity index (χ2n) is 9.54. The van der Waals surface area contributed by atoms with Crippen LogP contribution < -0.4 is 24.8 Å². The van der Waals surface area contributed by atoms with Crippen LogP contribution >= 0.6 is 46.1 Å². The van der Waals surface area contributed by atoms with Crippen molar-refractivity contribution in [3.63, 3.8) is 0 Å². The lowest BCUT2D eigenvalue weighted by molar-refractivity contribution is 0.387. The molecule has 5 rings (SSSR count). The van der Waals surface area contributed by atoms with Crippen LogP contribution in [0.15, 0.2) is 46.8 Å². The maximum absolute atomic E-state index is 15.5. The number of benzene rings is 2. The van der Waals surface area contributed by atoms with Crippen LogP contribution in [0.3, 0.4) is 0 Å². The molecule has 0 amide bonds. The minimum Gasteiger partial charge on any atom is -0.497 e. The van der Waals surface area contributed by atoms with E-state index in [2.05, 4.69) is 10.3 Å². The second kappa shape index (κ2) is 10.8. The number of alkyl halides is 2. The van der Waals surface area contributed by atoms with Crippen LogP contribution in [0.2, 0.25) is 5.02 Å². The molecule has 3 aromatic rings. The molecule has 14 heteroatoms. The zero-order valence-corrected chi connectivity index (χ0v) is 24.8. The number of sulfonamides is 1. The van der Waals surface area contributed by atoms with Gasteiger partial charge in [-0.1, -0.05) is 11.6 Å². The van der Waals surface area contributed by atoms with Gasteiger partial charge in [-0.2, -0.15) is 0 Å². The Morgan fingerprint density at radius 3 is 2.62 bits per heavy atom. The van der Waals surface area contributed by atoms with Crippen LogP contribution in [0, 0.1) is 17.7 Å². The number of rotatable bonds is 9. The van der Waals surface area contributed by atoms with Gasteiger partial charge in [-0.3, -0.25) is 0 Å². The Morgan fingerprint density at radius 1 is 1.21 bits per heavy atom. The third-order valence-electron chi connectivity index (χ3n) is 7.29. The summed E-state index contributed by atoms with van der Waals surface area (Å²) in [5, 5.41) is 4.99. The summed E-state index contributed by atoms with van der Waals surface area (Å²) in [6.07, 6.45) is 2.69. The first-order chi connectivity index (χ1) is 18.5. The molecule has 2 saturated carbocycles. The van der Waals surface area contributed by atoms with Gasteiger partial charge >= 0.3 is 0 Å². The molecule has 0 radical (unpaired) electrons. The van der Waals surface area contributed by atoms with Gasteiger partial charge in [0.15, 0.2) is 5.13 Å². The Kier molecular flexibility index (Phi) is 7.86. The van der Waals surface area contributed by atoms with E-state index in [4.69, 9.17) is 50.0 Å². The minimum absolute atomic E-state index is 0.0317. The van der Waals surface area contributed by atoms with Crippen molar-refractivity contribution in [1.29, 1.82) is 0 Å². The fraction of sp³-hybridized carbons (Fsp3) is 0.400. The van der Waals surface area contributed by atoms with Crippen LogP contribution in [0.25, 0.3) is 0 Å². The van der Waals surface area contributed by atoms with Crippen molar-refractivity contribution < 1.29 is 22.3 Å². The normalized spacial score (nSPS) is 23.6. The van der Waals surface area contributed by atoms with Gasteiger partial charge in [-0.25, -0.2) is 22.1 Å². The van der Waals surface area contributed by atoms with E-state index in [-0.39, 0.29) is 46.3 Å². The average Bonchev–Trinajstić information content (AvgIpc) is 3.23. The highest BCUT2D eigenvalue weighted by Crippen LogP contribution is 2.65. The molecule has 0 spiro atoms. The summed E-state index contributed by atoms with van der Waals surface area (Å²) >= 11 is 20.3. The van der Waals surface area contributed by atoms with E-state index in [1.165, 1.54) is 20.4 Å². The SMILES string of the molecule is COc1ccc(CN(c2nccs2)S(=O)(=O)c2cc(Cl)c(NC3CC4[C@@H](C[C@@H]3N)C4(Cl)Cl)cc2F)c(OC)c1. The van der Waals surface area contributed by atoms with Gasteiger partial charge in [-0.05, 0) is 48.9 Å². The Hall–Kier alpha value is -2.02. The summed E-state index contributed by atoms with van der Waals surface area (Å²) in [5.41, 5.74) is 7.08. The quantitative estimate of drug-likeness (QED) is 0.292. The number of hydrogen-bond acceptors (Lipinski definition) is 8. The maximum atomic E-state index is 15.5. The fourth-order valence-electron chi connectivity index (χ4n) is 5.06. The monoisotopic (exact) mass is 634 g/mol.